The summed E-state index contributed by atoms with van der Waals surface area (Å²) in [4.78, 5) is 0. The van der Waals surface area contributed by atoms with Gasteiger partial charge in [-0.3, -0.25) is 0 Å². The minimum atomic E-state index is 0.522. The van der Waals surface area contributed by atoms with Crippen molar-refractivity contribution in [2.45, 2.75) is 26.7 Å². The van der Waals surface area contributed by atoms with Crippen LogP contribution in [-0.2, 0) is 0 Å². The molecule has 2 aliphatic carbocycles. The average Bonchev–Trinajstić information content (AvgIpc) is 2.84. The predicted octanol–water partition coefficient (Wildman–Crippen LogP) is 6.40. The van der Waals surface area contributed by atoms with Crippen LogP contribution in [0.1, 0.15) is 42.0 Å². The minimum absolute atomic E-state index is 0.522. The molecule has 0 radical (unpaired) electrons. The molecule has 1 heteroatoms. The molecule has 3 rings (SSSR count). The Labute approximate surface area is 145 Å². The molecule has 0 unspecified atom stereocenters. The molecule has 24 heavy (non-hydrogen) atoms. The van der Waals surface area contributed by atoms with Gasteiger partial charge in [-0.25, -0.2) is 0 Å². The van der Waals surface area contributed by atoms with E-state index >= 15 is 0 Å². The van der Waals surface area contributed by atoms with Crippen molar-refractivity contribution < 1.29 is 4.74 Å². The van der Waals surface area contributed by atoms with E-state index in [1.165, 1.54) is 33.4 Å². The average molecular weight is 316 g/mol. The van der Waals surface area contributed by atoms with Gasteiger partial charge in [0.1, 0.15) is 5.75 Å². The SMILES string of the molecule is COc1ccc(/C=C/c2ccc(C(C)C)cc3c(C)ccc2-3)cc1. The van der Waals surface area contributed by atoms with Gasteiger partial charge in [-0.2, -0.15) is 0 Å². The molecule has 1 aromatic rings. The van der Waals surface area contributed by atoms with E-state index in [2.05, 4.69) is 75.4 Å². The van der Waals surface area contributed by atoms with Crippen LogP contribution in [0.2, 0.25) is 0 Å². The fourth-order valence-electron chi connectivity index (χ4n) is 2.94. The molecule has 2 aliphatic rings. The maximum atomic E-state index is 5.22. The van der Waals surface area contributed by atoms with Crippen LogP contribution in [0.5, 0.6) is 5.75 Å². The van der Waals surface area contributed by atoms with Gasteiger partial charge in [-0.1, -0.05) is 68.5 Å². The molecule has 0 heterocycles. The summed E-state index contributed by atoms with van der Waals surface area (Å²) in [6.45, 7) is 6.67. The molecule has 1 nitrogen and oxygen atoms in total. The van der Waals surface area contributed by atoms with E-state index < -0.39 is 0 Å². The van der Waals surface area contributed by atoms with E-state index in [9.17, 15) is 0 Å². The molecule has 122 valence electrons. The second kappa shape index (κ2) is 6.92. The topological polar surface area (TPSA) is 9.23 Å². The zero-order valence-electron chi connectivity index (χ0n) is 14.8. The van der Waals surface area contributed by atoms with E-state index in [1.807, 2.05) is 12.1 Å². The van der Waals surface area contributed by atoms with Crippen molar-refractivity contribution >= 4 is 12.2 Å². The van der Waals surface area contributed by atoms with Crippen LogP contribution in [0.15, 0.2) is 54.6 Å². The Kier molecular flexibility index (Phi) is 4.71. The van der Waals surface area contributed by atoms with Crippen LogP contribution in [0.25, 0.3) is 23.3 Å². The largest absolute Gasteiger partial charge is 0.497 e. The highest BCUT2D eigenvalue weighted by molar-refractivity contribution is 5.83. The fraction of sp³-hybridized carbons (Fsp3) is 0.217. The van der Waals surface area contributed by atoms with Crippen LogP contribution in [-0.4, -0.2) is 7.11 Å². The third-order valence-corrected chi connectivity index (χ3v) is 4.53. The van der Waals surface area contributed by atoms with Crippen molar-refractivity contribution in [3.8, 4) is 16.9 Å². The van der Waals surface area contributed by atoms with Gasteiger partial charge in [0, 0.05) is 0 Å². The molecule has 0 aliphatic heterocycles. The zero-order chi connectivity index (χ0) is 17.1. The summed E-state index contributed by atoms with van der Waals surface area (Å²) in [6, 6.07) is 19.4. The van der Waals surface area contributed by atoms with Gasteiger partial charge in [0.05, 0.1) is 7.11 Å². The standard InChI is InChI=1S/C23H24O/c1-16(2)20-11-10-19(22-14-5-17(3)23(22)15-20)9-6-18-7-12-21(24-4)13-8-18/h5-16H,1-4H3/b9-6+. The first-order valence-corrected chi connectivity index (χ1v) is 8.44. The fourth-order valence-corrected chi connectivity index (χ4v) is 2.94. The van der Waals surface area contributed by atoms with E-state index in [1.54, 1.807) is 7.11 Å². The summed E-state index contributed by atoms with van der Waals surface area (Å²) < 4.78 is 5.22. The number of fused-ring (bicyclic) bond motifs is 1. The molecule has 0 N–H and O–H groups in total. The predicted molar refractivity (Wildman–Crippen MR) is 104 cm³/mol. The lowest BCUT2D eigenvalue weighted by Gasteiger charge is -2.03. The highest BCUT2D eigenvalue weighted by Gasteiger charge is 2.10. The second-order valence-corrected chi connectivity index (χ2v) is 6.54. The Balaban J connectivity index is 2.00. The van der Waals surface area contributed by atoms with Crippen molar-refractivity contribution in [3.63, 3.8) is 0 Å². The van der Waals surface area contributed by atoms with Crippen molar-refractivity contribution in [1.29, 1.82) is 0 Å². The summed E-state index contributed by atoms with van der Waals surface area (Å²) in [7, 11) is 1.69. The molecule has 0 atom stereocenters. The zero-order valence-corrected chi connectivity index (χ0v) is 14.8. The third kappa shape index (κ3) is 3.35. The van der Waals surface area contributed by atoms with Gasteiger partial charge in [0.2, 0.25) is 0 Å². The highest BCUT2D eigenvalue weighted by atomic mass is 16.5. The molecule has 1 aromatic carbocycles. The van der Waals surface area contributed by atoms with Crippen LogP contribution in [0.4, 0.5) is 0 Å². The Bertz CT molecular complexity index is 825. The van der Waals surface area contributed by atoms with Gasteiger partial charge in [0.25, 0.3) is 0 Å². The van der Waals surface area contributed by atoms with Gasteiger partial charge >= 0.3 is 0 Å². The summed E-state index contributed by atoms with van der Waals surface area (Å²) in [5, 5.41) is 0. The number of hydrogen-bond donors (Lipinski definition) is 0. The van der Waals surface area contributed by atoms with E-state index in [-0.39, 0.29) is 0 Å². The van der Waals surface area contributed by atoms with Crippen molar-refractivity contribution in [1.82, 2.24) is 0 Å². The van der Waals surface area contributed by atoms with Gasteiger partial charge < -0.3 is 4.74 Å². The van der Waals surface area contributed by atoms with E-state index in [0.717, 1.165) is 5.75 Å². The normalized spacial score (nSPS) is 11.5. The Morgan fingerprint density at radius 1 is 0.833 bits per heavy atom. The Morgan fingerprint density at radius 3 is 2.25 bits per heavy atom. The number of ether oxygens (including phenoxy) is 1. The van der Waals surface area contributed by atoms with Crippen LogP contribution in [0, 0.1) is 6.92 Å². The van der Waals surface area contributed by atoms with Crippen molar-refractivity contribution in [2.75, 3.05) is 7.11 Å². The molecule has 0 aromatic heterocycles. The molecule has 0 amide bonds. The lowest BCUT2D eigenvalue weighted by Crippen LogP contribution is -1.83. The maximum Gasteiger partial charge on any atom is 0.118 e. The molecule has 0 fully saturated rings. The quantitative estimate of drug-likeness (QED) is 0.541. The Morgan fingerprint density at radius 2 is 1.58 bits per heavy atom. The minimum Gasteiger partial charge on any atom is -0.497 e. The maximum absolute atomic E-state index is 5.22. The van der Waals surface area contributed by atoms with Crippen LogP contribution in [0.3, 0.4) is 0 Å². The monoisotopic (exact) mass is 316 g/mol. The molecule has 0 saturated heterocycles. The van der Waals surface area contributed by atoms with E-state index in [4.69, 9.17) is 4.74 Å². The molecular weight excluding hydrogens is 292 g/mol. The lowest BCUT2D eigenvalue weighted by molar-refractivity contribution is 0.415. The first-order valence-electron chi connectivity index (χ1n) is 8.44. The van der Waals surface area contributed by atoms with Gasteiger partial charge in [-0.15, -0.1) is 0 Å². The number of methoxy groups -OCH3 is 1. The smallest absolute Gasteiger partial charge is 0.118 e. The molecule has 0 spiro atoms. The first-order chi connectivity index (χ1) is 11.6. The number of aryl methyl sites for hydroxylation is 1. The van der Waals surface area contributed by atoms with Crippen molar-refractivity contribution in [3.05, 3.63) is 76.9 Å². The third-order valence-electron chi connectivity index (χ3n) is 4.53. The van der Waals surface area contributed by atoms with Gasteiger partial charge in [0.15, 0.2) is 0 Å². The molecule has 0 bridgehead atoms. The lowest BCUT2D eigenvalue weighted by atomic mass is 10.0. The molecule has 0 saturated carbocycles. The number of hydrogen-bond acceptors (Lipinski definition) is 1. The molecular formula is C23H24O. The van der Waals surface area contributed by atoms with Gasteiger partial charge in [-0.05, 0) is 58.4 Å². The second-order valence-electron chi connectivity index (χ2n) is 6.54. The summed E-state index contributed by atoms with van der Waals surface area (Å²) in [5.74, 6) is 1.40. The highest BCUT2D eigenvalue weighted by Crippen LogP contribution is 2.33. The summed E-state index contributed by atoms with van der Waals surface area (Å²) >= 11 is 0. The summed E-state index contributed by atoms with van der Waals surface area (Å²) in [5.41, 5.74) is 7.78. The van der Waals surface area contributed by atoms with Crippen LogP contribution < -0.4 is 4.74 Å². The Hall–Kier alpha value is -2.54. The number of rotatable bonds is 4. The van der Waals surface area contributed by atoms with Crippen LogP contribution >= 0.6 is 0 Å². The first kappa shape index (κ1) is 16.3. The van der Waals surface area contributed by atoms with Crippen molar-refractivity contribution in [2.24, 2.45) is 0 Å². The number of benzene rings is 1. The van der Waals surface area contributed by atoms with E-state index in [0.29, 0.717) is 5.92 Å². The summed E-state index contributed by atoms with van der Waals surface area (Å²) in [6.07, 6.45) is 4.36.